The van der Waals surface area contributed by atoms with Gasteiger partial charge in [-0.25, -0.2) is 4.79 Å². The van der Waals surface area contributed by atoms with Crippen molar-refractivity contribution in [3.63, 3.8) is 0 Å². The van der Waals surface area contributed by atoms with Gasteiger partial charge in [0.25, 0.3) is 0 Å². The minimum atomic E-state index is -1.08. The van der Waals surface area contributed by atoms with Crippen molar-refractivity contribution < 1.29 is 43.2 Å². The Balaban J connectivity index is 1.58. The van der Waals surface area contributed by atoms with Crippen LogP contribution in [0.15, 0.2) is 45.8 Å². The summed E-state index contributed by atoms with van der Waals surface area (Å²) in [6, 6.07) is 1.95. The average Bonchev–Trinajstić information content (AvgIpc) is 3.64. The number of furan rings is 1. The third-order valence-corrected chi connectivity index (χ3v) is 11.9. The van der Waals surface area contributed by atoms with E-state index in [0.29, 0.717) is 18.6 Å². The minimum absolute atomic E-state index is 0.00469. The number of aliphatic hydroxyl groups is 2. The van der Waals surface area contributed by atoms with E-state index in [9.17, 15) is 19.8 Å². The van der Waals surface area contributed by atoms with Gasteiger partial charge in [-0.1, -0.05) is 32.4 Å². The lowest BCUT2D eigenvalue weighted by Gasteiger charge is -2.66. The van der Waals surface area contributed by atoms with E-state index in [4.69, 9.17) is 23.4 Å². The summed E-state index contributed by atoms with van der Waals surface area (Å²) < 4.78 is 30.8. The number of carbonyl (C=O) groups is 2. The van der Waals surface area contributed by atoms with Gasteiger partial charge in [0.05, 0.1) is 37.4 Å². The second-order valence-corrected chi connectivity index (χ2v) is 13.9. The molecule has 2 saturated carbocycles. The van der Waals surface area contributed by atoms with Gasteiger partial charge >= 0.3 is 11.9 Å². The second-order valence-electron chi connectivity index (χ2n) is 13.9. The van der Waals surface area contributed by atoms with Crippen molar-refractivity contribution in [3.8, 4) is 0 Å². The summed E-state index contributed by atoms with van der Waals surface area (Å²) >= 11 is 0. The first-order chi connectivity index (χ1) is 19.8. The molecule has 0 bridgehead atoms. The van der Waals surface area contributed by atoms with E-state index in [0.717, 1.165) is 16.7 Å². The molecule has 6 rings (SSSR count). The highest BCUT2D eigenvalue weighted by Gasteiger charge is 2.77. The lowest BCUT2D eigenvalue weighted by Crippen LogP contribution is -2.72. The van der Waals surface area contributed by atoms with Crippen LogP contribution < -0.4 is 0 Å². The third-order valence-electron chi connectivity index (χ3n) is 11.9. The highest BCUT2D eigenvalue weighted by Crippen LogP contribution is 2.72. The molecule has 3 aliphatic carbocycles. The van der Waals surface area contributed by atoms with Crippen molar-refractivity contribution in [2.24, 2.45) is 28.1 Å². The molecular formula is C33H44O9. The van der Waals surface area contributed by atoms with Crippen LogP contribution in [0, 0.1) is 28.1 Å². The van der Waals surface area contributed by atoms with E-state index < -0.39 is 65.0 Å². The zero-order chi connectivity index (χ0) is 30.4. The number of fused-ring (bicyclic) bond motifs is 4. The van der Waals surface area contributed by atoms with Crippen LogP contribution in [0.5, 0.6) is 0 Å². The summed E-state index contributed by atoms with van der Waals surface area (Å²) in [5.74, 6) is -1.51. The summed E-state index contributed by atoms with van der Waals surface area (Å²) in [7, 11) is 0. The van der Waals surface area contributed by atoms with E-state index in [1.165, 1.54) is 6.92 Å². The Morgan fingerprint density at radius 1 is 1.10 bits per heavy atom. The van der Waals surface area contributed by atoms with Gasteiger partial charge in [0.15, 0.2) is 6.29 Å². The normalized spacial score (nSPS) is 46.4. The summed E-state index contributed by atoms with van der Waals surface area (Å²) in [6.07, 6.45) is 2.01. The molecule has 2 saturated heterocycles. The maximum absolute atomic E-state index is 13.5. The lowest BCUT2D eigenvalue weighted by molar-refractivity contribution is -0.258. The van der Waals surface area contributed by atoms with Gasteiger partial charge in [-0.05, 0) is 50.3 Å². The van der Waals surface area contributed by atoms with Crippen LogP contribution >= 0.6 is 0 Å². The fraction of sp³-hybridized carbons (Fsp3) is 0.697. The fourth-order valence-corrected chi connectivity index (χ4v) is 9.91. The van der Waals surface area contributed by atoms with E-state index in [1.54, 1.807) is 32.4 Å². The molecule has 9 nitrogen and oxygen atoms in total. The maximum Gasteiger partial charge on any atom is 0.333 e. The number of allylic oxidation sites excluding steroid dienone is 2. The molecule has 0 amide bonds. The topological polar surface area (TPSA) is 125 Å². The molecule has 2 aliphatic heterocycles. The summed E-state index contributed by atoms with van der Waals surface area (Å²) in [4.78, 5) is 25.7. The SMILES string of the molecule is C/C=C(\C)C(=O)O[C@H]1[C@H]2OC[C@]3(C)C2[C@@](C)([C@H](O)C[C@@H]3OC(C)=O)[C@@H]2C[C@@H](O)O[C@@H]3C[C@H](c4ccoc4)C(C)=C3[C@]21C. The van der Waals surface area contributed by atoms with Crippen molar-refractivity contribution >= 4 is 11.9 Å². The zero-order valence-electron chi connectivity index (χ0n) is 25.6. The zero-order valence-corrected chi connectivity index (χ0v) is 25.6. The van der Waals surface area contributed by atoms with Crippen molar-refractivity contribution in [1.29, 1.82) is 0 Å². The Kier molecular flexibility index (Phi) is 7.08. The number of carbonyl (C=O) groups excluding carboxylic acids is 2. The first-order valence-electron chi connectivity index (χ1n) is 15.2. The highest BCUT2D eigenvalue weighted by molar-refractivity contribution is 5.87. The van der Waals surface area contributed by atoms with Crippen LogP contribution in [-0.2, 0) is 28.5 Å². The van der Waals surface area contributed by atoms with Crippen LogP contribution in [0.1, 0.15) is 79.2 Å². The smallest absolute Gasteiger partial charge is 0.333 e. The van der Waals surface area contributed by atoms with Crippen LogP contribution in [0.4, 0.5) is 0 Å². The largest absolute Gasteiger partial charge is 0.472 e. The molecule has 9 heteroatoms. The average molecular weight is 585 g/mol. The van der Waals surface area contributed by atoms with Crippen LogP contribution in [0.25, 0.3) is 0 Å². The van der Waals surface area contributed by atoms with Gasteiger partial charge in [-0.3, -0.25) is 4.79 Å². The predicted molar refractivity (Wildman–Crippen MR) is 151 cm³/mol. The van der Waals surface area contributed by atoms with Gasteiger partial charge in [0.2, 0.25) is 0 Å². The number of hydrogen-bond acceptors (Lipinski definition) is 9. The Morgan fingerprint density at radius 3 is 2.48 bits per heavy atom. The molecule has 2 N–H and O–H groups in total. The van der Waals surface area contributed by atoms with Gasteiger partial charge in [-0.15, -0.1) is 0 Å². The standard InChI is InChI=1S/C33H44O9/c1-8-16(2)30(37)42-29-27-28-31(5,15-39-27)24(40-18(4)34)13-23(35)32(28,6)22-12-25(36)41-21-11-20(19-9-10-38-14-19)17(3)26(21)33(22,29)7/h8-10,14,20-25,27-29,35-36H,11-13,15H2,1-7H3/b16-8+/t20-,21+,22-,23+,24-,25-,27-,28?,29-,31-,32+,33-/m0/s1. The molecule has 0 aromatic carbocycles. The fourth-order valence-electron chi connectivity index (χ4n) is 9.91. The number of esters is 2. The monoisotopic (exact) mass is 584 g/mol. The number of rotatable bonds is 4. The van der Waals surface area contributed by atoms with Crippen molar-refractivity contribution in [1.82, 2.24) is 0 Å². The first kappa shape index (κ1) is 29.6. The molecule has 1 unspecified atom stereocenters. The number of aliphatic hydroxyl groups excluding tert-OH is 2. The molecule has 4 fully saturated rings. The van der Waals surface area contributed by atoms with Crippen LogP contribution in [0.2, 0.25) is 0 Å². The molecule has 1 aromatic rings. The summed E-state index contributed by atoms with van der Waals surface area (Å²) in [5, 5.41) is 23.4. The summed E-state index contributed by atoms with van der Waals surface area (Å²) in [6.45, 7) is 13.5. The minimum Gasteiger partial charge on any atom is -0.472 e. The molecule has 5 aliphatic rings. The molecule has 1 aromatic heterocycles. The third kappa shape index (κ3) is 3.96. The number of ether oxygens (including phenoxy) is 4. The first-order valence-corrected chi connectivity index (χ1v) is 15.2. The Morgan fingerprint density at radius 2 is 1.83 bits per heavy atom. The molecule has 3 heterocycles. The molecular weight excluding hydrogens is 540 g/mol. The van der Waals surface area contributed by atoms with E-state index >= 15 is 0 Å². The van der Waals surface area contributed by atoms with E-state index in [1.807, 2.05) is 6.07 Å². The molecule has 0 spiro atoms. The van der Waals surface area contributed by atoms with E-state index in [-0.39, 0.29) is 30.6 Å². The Hall–Kier alpha value is -2.46. The summed E-state index contributed by atoms with van der Waals surface area (Å²) in [5.41, 5.74) is 1.35. The molecule has 0 radical (unpaired) electrons. The van der Waals surface area contributed by atoms with E-state index in [2.05, 4.69) is 27.7 Å². The maximum atomic E-state index is 13.5. The molecule has 12 atom stereocenters. The predicted octanol–water partition coefficient (Wildman–Crippen LogP) is 4.43. The van der Waals surface area contributed by atoms with Crippen LogP contribution in [0.3, 0.4) is 0 Å². The highest BCUT2D eigenvalue weighted by atomic mass is 16.6. The second kappa shape index (κ2) is 10.0. The molecule has 230 valence electrons. The number of hydrogen-bond donors (Lipinski definition) is 2. The Labute approximate surface area is 247 Å². The molecule has 42 heavy (non-hydrogen) atoms. The van der Waals surface area contributed by atoms with Gasteiger partial charge in [0.1, 0.15) is 12.2 Å². The van der Waals surface area contributed by atoms with Crippen molar-refractivity contribution in [3.05, 3.63) is 47.0 Å². The quantitative estimate of drug-likeness (QED) is 0.300. The van der Waals surface area contributed by atoms with Crippen molar-refractivity contribution in [2.45, 2.75) is 110 Å². The van der Waals surface area contributed by atoms with Crippen molar-refractivity contribution in [2.75, 3.05) is 6.61 Å². The lowest BCUT2D eigenvalue weighted by atomic mass is 9.39. The van der Waals surface area contributed by atoms with Crippen LogP contribution in [-0.4, -0.2) is 65.6 Å². The Bertz CT molecular complexity index is 1310. The van der Waals surface area contributed by atoms with Gasteiger partial charge < -0.3 is 33.6 Å². The van der Waals surface area contributed by atoms with Gasteiger partial charge in [-0.2, -0.15) is 0 Å². The van der Waals surface area contributed by atoms with Gasteiger partial charge in [0, 0.05) is 53.4 Å².